The minimum Gasteiger partial charge on any atom is -0.315 e. The van der Waals surface area contributed by atoms with Crippen molar-refractivity contribution < 1.29 is 4.79 Å². The van der Waals surface area contributed by atoms with Crippen molar-refractivity contribution in [2.75, 3.05) is 11.1 Å². The molecule has 0 saturated carbocycles. The van der Waals surface area contributed by atoms with E-state index < -0.39 is 0 Å². The molecule has 3 aromatic rings. The van der Waals surface area contributed by atoms with Gasteiger partial charge >= 0.3 is 0 Å². The van der Waals surface area contributed by atoms with Gasteiger partial charge in [-0.25, -0.2) is 9.97 Å². The maximum atomic E-state index is 12.2. The van der Waals surface area contributed by atoms with Gasteiger partial charge < -0.3 is 9.88 Å². The van der Waals surface area contributed by atoms with Crippen LogP contribution >= 0.6 is 35.0 Å². The maximum absolute atomic E-state index is 12.2. The Labute approximate surface area is 159 Å². The zero-order valence-corrected chi connectivity index (χ0v) is 15.4. The van der Waals surface area contributed by atoms with E-state index in [0.717, 1.165) is 16.2 Å². The number of rotatable bonds is 6. The average molecular weight is 393 g/mol. The van der Waals surface area contributed by atoms with Crippen molar-refractivity contribution in [3.8, 4) is 0 Å². The van der Waals surface area contributed by atoms with E-state index >= 15 is 0 Å². The van der Waals surface area contributed by atoms with Gasteiger partial charge in [0.15, 0.2) is 11.0 Å². The van der Waals surface area contributed by atoms with Crippen molar-refractivity contribution in [1.82, 2.24) is 14.5 Å². The third-order valence-corrected chi connectivity index (χ3v) is 4.80. The van der Waals surface area contributed by atoms with Crippen molar-refractivity contribution >= 4 is 57.7 Å². The van der Waals surface area contributed by atoms with Gasteiger partial charge in [-0.1, -0.05) is 53.2 Å². The Bertz CT molecular complexity index is 942. The van der Waals surface area contributed by atoms with Crippen molar-refractivity contribution in [3.63, 3.8) is 0 Å². The highest BCUT2D eigenvalue weighted by Gasteiger charge is 2.13. The number of benzene rings is 1. The van der Waals surface area contributed by atoms with Gasteiger partial charge in [-0.3, -0.25) is 4.79 Å². The van der Waals surface area contributed by atoms with E-state index in [1.165, 1.54) is 24.0 Å². The first-order chi connectivity index (χ1) is 12.1. The summed E-state index contributed by atoms with van der Waals surface area (Å²) in [5.74, 6) is 0.247. The Hall–Kier alpha value is -2.02. The van der Waals surface area contributed by atoms with Crippen LogP contribution in [0.5, 0.6) is 0 Å². The van der Waals surface area contributed by atoms with Gasteiger partial charge in [-0.2, -0.15) is 0 Å². The molecule has 1 aromatic carbocycles. The maximum Gasteiger partial charge on any atom is 0.236 e. The van der Waals surface area contributed by atoms with Crippen molar-refractivity contribution in [1.29, 1.82) is 0 Å². The van der Waals surface area contributed by atoms with Crippen LogP contribution in [0.3, 0.4) is 0 Å². The molecule has 1 N–H and O–H groups in total. The highest BCUT2D eigenvalue weighted by Crippen LogP contribution is 2.25. The highest BCUT2D eigenvalue weighted by atomic mass is 35.5. The summed E-state index contributed by atoms with van der Waals surface area (Å²) in [5, 5.41) is 4.14. The second-order valence-electron chi connectivity index (χ2n) is 5.10. The molecule has 5 nitrogen and oxygen atoms in total. The van der Waals surface area contributed by atoms with Crippen LogP contribution in [0.4, 0.5) is 5.82 Å². The molecule has 128 valence electrons. The molecule has 0 fully saturated rings. The minimum absolute atomic E-state index is 0.182. The Balaban J connectivity index is 1.72. The second kappa shape index (κ2) is 7.91. The van der Waals surface area contributed by atoms with Gasteiger partial charge in [0, 0.05) is 12.7 Å². The lowest BCUT2D eigenvalue weighted by Crippen LogP contribution is -2.15. The number of aromatic nitrogens is 3. The number of para-hydroxylation sites is 2. The Morgan fingerprint density at radius 1 is 1.36 bits per heavy atom. The topological polar surface area (TPSA) is 59.8 Å². The number of anilines is 1. The molecule has 0 aliphatic carbocycles. The van der Waals surface area contributed by atoms with E-state index in [1.54, 1.807) is 6.08 Å². The van der Waals surface area contributed by atoms with Crippen LogP contribution in [0.1, 0.15) is 0 Å². The van der Waals surface area contributed by atoms with E-state index in [2.05, 4.69) is 21.9 Å². The van der Waals surface area contributed by atoms with E-state index in [4.69, 9.17) is 23.2 Å². The molecule has 2 aromatic heterocycles. The summed E-state index contributed by atoms with van der Waals surface area (Å²) < 4.78 is 2.02. The Morgan fingerprint density at radius 2 is 2.16 bits per heavy atom. The minimum atomic E-state index is -0.223. The van der Waals surface area contributed by atoms with Gasteiger partial charge in [0.25, 0.3) is 0 Å². The highest BCUT2D eigenvalue weighted by molar-refractivity contribution is 7.99. The molecule has 8 heteroatoms. The summed E-state index contributed by atoms with van der Waals surface area (Å²) in [6.45, 7) is 4.40. The van der Waals surface area contributed by atoms with E-state index in [0.29, 0.717) is 16.6 Å². The molecule has 3 rings (SSSR count). The number of carbonyl (C=O) groups excluding carboxylic acids is 1. The predicted molar refractivity (Wildman–Crippen MR) is 104 cm³/mol. The summed E-state index contributed by atoms with van der Waals surface area (Å²) in [6.07, 6.45) is 3.23. The molecule has 25 heavy (non-hydrogen) atoms. The number of thioether (sulfide) groups is 1. The molecule has 0 unspecified atom stereocenters. The first-order valence-corrected chi connectivity index (χ1v) is 9.12. The third kappa shape index (κ3) is 4.15. The number of nitrogens with zero attached hydrogens (tertiary/aromatic N) is 3. The molecule has 0 saturated heterocycles. The largest absolute Gasteiger partial charge is 0.315 e. The first kappa shape index (κ1) is 17.8. The van der Waals surface area contributed by atoms with Gasteiger partial charge in [0.05, 0.1) is 26.8 Å². The smallest absolute Gasteiger partial charge is 0.236 e. The number of nitrogens with one attached hydrogen (secondary N) is 1. The number of allylic oxidation sites excluding steroid dienone is 1. The molecular formula is C17H14Cl2N4OS. The van der Waals surface area contributed by atoms with Crippen LogP contribution in [0.15, 0.2) is 54.3 Å². The van der Waals surface area contributed by atoms with E-state index in [-0.39, 0.29) is 17.5 Å². The van der Waals surface area contributed by atoms with E-state index in [9.17, 15) is 4.79 Å². The molecule has 0 radical (unpaired) electrons. The average Bonchev–Trinajstić information content (AvgIpc) is 2.94. The fourth-order valence-corrected chi connectivity index (χ4v) is 3.53. The fourth-order valence-electron chi connectivity index (χ4n) is 2.27. The van der Waals surface area contributed by atoms with Crippen molar-refractivity contribution in [2.24, 2.45) is 0 Å². The SMILES string of the molecule is C=CCn1c(SCC(=O)Nc2ncc(Cl)cc2Cl)nc2ccccc21. The zero-order valence-electron chi connectivity index (χ0n) is 13.1. The number of hydrogen-bond donors (Lipinski definition) is 1. The standard InChI is InChI=1S/C17H14Cl2N4OS/c1-2-7-23-14-6-4-3-5-13(14)21-17(23)25-10-15(24)22-16-12(19)8-11(18)9-20-16/h2-6,8-9H,1,7,10H2,(H,20,22,24). The lowest BCUT2D eigenvalue weighted by atomic mass is 10.3. The fraction of sp³-hybridized carbons (Fsp3) is 0.118. The van der Waals surface area contributed by atoms with E-state index in [1.807, 2.05) is 28.8 Å². The van der Waals surface area contributed by atoms with Crippen LogP contribution in [0.25, 0.3) is 11.0 Å². The number of hydrogen-bond acceptors (Lipinski definition) is 4. The number of carbonyl (C=O) groups is 1. The molecule has 0 bridgehead atoms. The van der Waals surface area contributed by atoms with Crippen LogP contribution in [0, 0.1) is 0 Å². The van der Waals surface area contributed by atoms with Crippen molar-refractivity contribution in [2.45, 2.75) is 11.7 Å². The summed E-state index contributed by atoms with van der Waals surface area (Å²) in [4.78, 5) is 20.8. The third-order valence-electron chi connectivity index (χ3n) is 3.33. The number of fused-ring (bicyclic) bond motifs is 1. The van der Waals surface area contributed by atoms with Crippen LogP contribution in [-0.2, 0) is 11.3 Å². The Kier molecular flexibility index (Phi) is 5.63. The predicted octanol–water partition coefficient (Wildman–Crippen LogP) is 4.65. The molecule has 0 atom stereocenters. The monoisotopic (exact) mass is 392 g/mol. The normalized spacial score (nSPS) is 10.8. The molecular weight excluding hydrogens is 379 g/mol. The first-order valence-electron chi connectivity index (χ1n) is 7.38. The summed E-state index contributed by atoms with van der Waals surface area (Å²) in [5.41, 5.74) is 1.89. The zero-order chi connectivity index (χ0) is 17.8. The van der Waals surface area contributed by atoms with Gasteiger partial charge in [-0.05, 0) is 18.2 Å². The van der Waals surface area contributed by atoms with Crippen LogP contribution in [-0.4, -0.2) is 26.2 Å². The lowest BCUT2D eigenvalue weighted by molar-refractivity contribution is -0.113. The summed E-state index contributed by atoms with van der Waals surface area (Å²) in [7, 11) is 0. The second-order valence-corrected chi connectivity index (χ2v) is 6.89. The number of amides is 1. The number of halogens is 2. The molecule has 2 heterocycles. The van der Waals surface area contributed by atoms with Gasteiger partial charge in [0.1, 0.15) is 0 Å². The lowest BCUT2D eigenvalue weighted by Gasteiger charge is -2.07. The van der Waals surface area contributed by atoms with Crippen LogP contribution in [0.2, 0.25) is 10.0 Å². The summed E-state index contributed by atoms with van der Waals surface area (Å²) in [6, 6.07) is 9.36. The van der Waals surface area contributed by atoms with Crippen molar-refractivity contribution in [3.05, 3.63) is 59.2 Å². The van der Waals surface area contributed by atoms with Gasteiger partial charge in [0.2, 0.25) is 5.91 Å². The molecule has 0 aliphatic heterocycles. The number of pyridine rings is 1. The quantitative estimate of drug-likeness (QED) is 0.489. The van der Waals surface area contributed by atoms with Gasteiger partial charge in [-0.15, -0.1) is 6.58 Å². The molecule has 0 aliphatic rings. The molecule has 1 amide bonds. The summed E-state index contributed by atoms with van der Waals surface area (Å²) >= 11 is 13.2. The Morgan fingerprint density at radius 3 is 2.92 bits per heavy atom. The number of imidazole rings is 1. The van der Waals surface area contributed by atoms with Crippen LogP contribution < -0.4 is 5.32 Å². The molecule has 0 spiro atoms.